The quantitative estimate of drug-likeness (QED) is 0.0981. The maximum absolute atomic E-state index is 13.0. The molecule has 1 aromatic heterocycles. The van der Waals surface area contributed by atoms with Gasteiger partial charge < -0.3 is 5.32 Å². The Bertz CT molecular complexity index is 2080. The largest absolute Gasteiger partial charge is 0.326 e. The fraction of sp³-hybridized carbons (Fsp3) is 0.152. The minimum atomic E-state index is -4.00. The molecule has 242 valence electrons. The van der Waals surface area contributed by atoms with Crippen LogP contribution in [0.5, 0.6) is 0 Å². The van der Waals surface area contributed by atoms with Crippen molar-refractivity contribution in [2.45, 2.75) is 38.8 Å². The number of imidazole rings is 1. The molecule has 0 bridgehead atoms. The summed E-state index contributed by atoms with van der Waals surface area (Å²) in [5.41, 5.74) is 8.89. The second-order valence-electron chi connectivity index (χ2n) is 10.4. The highest BCUT2D eigenvalue weighted by atomic mass is 35.5. The Morgan fingerprint density at radius 2 is 1.49 bits per heavy atom. The molecule has 1 heterocycles. The van der Waals surface area contributed by atoms with Crippen LogP contribution >= 0.6 is 11.6 Å². The minimum Gasteiger partial charge on any atom is -0.308 e. The number of urea groups is 1. The van der Waals surface area contributed by atoms with Crippen molar-refractivity contribution >= 4 is 67.6 Å². The molecule has 0 saturated heterocycles. The Kier molecular flexibility index (Phi) is 9.78. The molecule has 0 saturated carbocycles. The summed E-state index contributed by atoms with van der Waals surface area (Å²) in [4.78, 5) is 37.8. The topological polar surface area (TPSA) is 154 Å². The number of hydrazine groups is 1. The van der Waals surface area contributed by atoms with Gasteiger partial charge in [0.15, 0.2) is 11.0 Å². The van der Waals surface area contributed by atoms with Crippen LogP contribution < -0.4 is 30.8 Å². The number of imide groups is 1. The summed E-state index contributed by atoms with van der Waals surface area (Å²) < 4.78 is 32.9. The van der Waals surface area contributed by atoms with Gasteiger partial charge in [0.05, 0.1) is 29.4 Å². The van der Waals surface area contributed by atoms with Crippen molar-refractivity contribution in [3.63, 3.8) is 0 Å². The number of hydrogen-bond acceptors (Lipinski definition) is 6. The Morgan fingerprint density at radius 1 is 0.809 bits per heavy atom. The summed E-state index contributed by atoms with van der Waals surface area (Å²) in [6.45, 7) is 7.63. The number of nitrogens with zero attached hydrogens (tertiary/aromatic N) is 2. The number of aromatic nitrogens is 2. The standard InChI is InChI=1S/C33H32ClN7O5S/c1-4-40-21(3)41(5-2)30-19-23(11-18-29(30)40)31(42)36-33(44)35-25-14-16-28(17-15-25)47(45,46)39-27-8-6-7-26(20-27)37-38-32(43)22-9-12-24(34)13-10-22/h6-20,37,39H,4-5H2,1-3H3,(H2-,35,36,38,42,43,44)/p+1. The first-order valence-corrected chi connectivity index (χ1v) is 16.5. The van der Waals surface area contributed by atoms with E-state index in [9.17, 15) is 22.8 Å². The first-order valence-electron chi connectivity index (χ1n) is 14.7. The maximum atomic E-state index is 13.0. The van der Waals surface area contributed by atoms with Gasteiger partial charge in [-0.25, -0.2) is 22.3 Å². The molecule has 0 aliphatic rings. The molecular formula is C33H33ClN7O5S+. The van der Waals surface area contributed by atoms with Gasteiger partial charge in [-0.3, -0.25) is 30.5 Å². The molecular weight excluding hydrogens is 642 g/mol. The number of rotatable bonds is 10. The third kappa shape index (κ3) is 7.54. The highest BCUT2D eigenvalue weighted by Crippen LogP contribution is 2.21. The van der Waals surface area contributed by atoms with Gasteiger partial charge in [0.2, 0.25) is 0 Å². The number of aryl methyl sites for hydroxylation is 2. The fourth-order valence-electron chi connectivity index (χ4n) is 5.13. The van der Waals surface area contributed by atoms with Crippen LogP contribution in [0.15, 0.2) is 95.9 Å². The number of nitrogens with one attached hydrogen (secondary N) is 5. The van der Waals surface area contributed by atoms with Gasteiger partial charge >= 0.3 is 6.03 Å². The van der Waals surface area contributed by atoms with Gasteiger partial charge in [-0.15, -0.1) is 0 Å². The average Bonchev–Trinajstić information content (AvgIpc) is 3.33. The molecule has 5 N–H and O–H groups in total. The van der Waals surface area contributed by atoms with Crippen molar-refractivity contribution < 1.29 is 27.4 Å². The summed E-state index contributed by atoms with van der Waals surface area (Å²) >= 11 is 5.86. The number of halogens is 1. The third-order valence-corrected chi connectivity index (χ3v) is 9.07. The zero-order valence-corrected chi connectivity index (χ0v) is 27.4. The number of benzene rings is 4. The average molecular weight is 675 g/mol. The Morgan fingerprint density at radius 3 is 2.17 bits per heavy atom. The van der Waals surface area contributed by atoms with Crippen LogP contribution in [0.1, 0.15) is 40.4 Å². The van der Waals surface area contributed by atoms with Crippen LogP contribution in [0.25, 0.3) is 11.0 Å². The second-order valence-corrected chi connectivity index (χ2v) is 12.6. The molecule has 47 heavy (non-hydrogen) atoms. The predicted octanol–water partition coefficient (Wildman–Crippen LogP) is 5.45. The smallest absolute Gasteiger partial charge is 0.308 e. The van der Waals surface area contributed by atoms with Crippen molar-refractivity contribution in [1.29, 1.82) is 0 Å². The third-order valence-electron chi connectivity index (χ3n) is 7.42. The summed E-state index contributed by atoms with van der Waals surface area (Å²) in [6.07, 6.45) is 0. The molecule has 14 heteroatoms. The monoisotopic (exact) mass is 674 g/mol. The van der Waals surface area contributed by atoms with Gasteiger partial charge in [-0.05, 0) is 92.7 Å². The van der Waals surface area contributed by atoms with Crippen LogP contribution in [0.4, 0.5) is 21.9 Å². The van der Waals surface area contributed by atoms with Crippen molar-refractivity contribution in [2.24, 2.45) is 0 Å². The number of carbonyl (C=O) groups is 3. The molecule has 0 aliphatic carbocycles. The van der Waals surface area contributed by atoms with Gasteiger partial charge in [0.1, 0.15) is 0 Å². The van der Waals surface area contributed by atoms with E-state index in [4.69, 9.17) is 11.6 Å². The van der Waals surface area contributed by atoms with E-state index >= 15 is 0 Å². The Labute approximate surface area is 276 Å². The van der Waals surface area contributed by atoms with Crippen LogP contribution in [0.2, 0.25) is 5.02 Å². The molecule has 5 aromatic rings. The number of sulfonamides is 1. The first kappa shape index (κ1) is 33.0. The molecule has 0 spiro atoms. The molecule has 0 atom stereocenters. The lowest BCUT2D eigenvalue weighted by atomic mass is 10.2. The number of hydrogen-bond donors (Lipinski definition) is 5. The van der Waals surface area contributed by atoms with Crippen molar-refractivity contribution in [3.8, 4) is 0 Å². The summed E-state index contributed by atoms with van der Waals surface area (Å²) in [5.74, 6) is 0.101. The summed E-state index contributed by atoms with van der Waals surface area (Å²) in [6, 6.07) is 22.7. The predicted molar refractivity (Wildman–Crippen MR) is 181 cm³/mol. The zero-order valence-electron chi connectivity index (χ0n) is 25.8. The Hall–Kier alpha value is -5.40. The van der Waals surface area contributed by atoms with Crippen LogP contribution in [-0.4, -0.2) is 30.8 Å². The first-order chi connectivity index (χ1) is 22.5. The van der Waals surface area contributed by atoms with Gasteiger partial charge in [0, 0.05) is 34.8 Å². The van der Waals surface area contributed by atoms with Crippen LogP contribution in [0.3, 0.4) is 0 Å². The Balaban J connectivity index is 1.18. The molecule has 0 aliphatic heterocycles. The summed E-state index contributed by atoms with van der Waals surface area (Å²) in [5, 5.41) is 5.38. The van der Waals surface area contributed by atoms with E-state index < -0.39 is 27.9 Å². The lowest BCUT2D eigenvalue weighted by Crippen LogP contribution is -2.35. The van der Waals surface area contributed by atoms with E-state index in [0.717, 1.165) is 29.9 Å². The van der Waals surface area contributed by atoms with Crippen LogP contribution in [-0.2, 0) is 23.1 Å². The zero-order chi connectivity index (χ0) is 33.7. The number of anilines is 3. The van der Waals surface area contributed by atoms with E-state index in [1.807, 2.05) is 19.9 Å². The summed E-state index contributed by atoms with van der Waals surface area (Å²) in [7, 11) is -4.00. The van der Waals surface area contributed by atoms with Crippen molar-refractivity contribution in [2.75, 3.05) is 15.5 Å². The van der Waals surface area contributed by atoms with E-state index in [-0.39, 0.29) is 16.3 Å². The van der Waals surface area contributed by atoms with Crippen molar-refractivity contribution in [1.82, 2.24) is 15.3 Å². The van der Waals surface area contributed by atoms with Gasteiger partial charge in [-0.1, -0.05) is 17.7 Å². The lowest BCUT2D eigenvalue weighted by Gasteiger charge is -2.12. The van der Waals surface area contributed by atoms with E-state index in [1.165, 1.54) is 30.3 Å². The highest BCUT2D eigenvalue weighted by molar-refractivity contribution is 7.92. The molecule has 0 fully saturated rings. The maximum Gasteiger partial charge on any atom is 0.326 e. The molecule has 12 nitrogen and oxygen atoms in total. The fourth-order valence-corrected chi connectivity index (χ4v) is 6.31. The van der Waals surface area contributed by atoms with Crippen LogP contribution in [0, 0.1) is 6.92 Å². The van der Waals surface area contributed by atoms with E-state index in [1.54, 1.807) is 54.6 Å². The number of amides is 4. The van der Waals surface area contributed by atoms with E-state index in [2.05, 4.69) is 42.3 Å². The lowest BCUT2D eigenvalue weighted by molar-refractivity contribution is -0.674. The molecule has 0 unspecified atom stereocenters. The van der Waals surface area contributed by atoms with Crippen molar-refractivity contribution in [3.05, 3.63) is 113 Å². The molecule has 0 radical (unpaired) electrons. The SMILES string of the molecule is CCn1c(C)[n+](CC)c2ccc(C(=O)NC(=O)Nc3ccc(S(=O)(=O)Nc4cccc(NNC(=O)c5ccc(Cl)cc5)c4)cc3)cc21. The highest BCUT2D eigenvalue weighted by Gasteiger charge is 2.22. The molecule has 4 amide bonds. The molecule has 4 aromatic carbocycles. The van der Waals surface area contributed by atoms with Gasteiger partial charge in [0.25, 0.3) is 27.7 Å². The molecule has 5 rings (SSSR count). The number of fused-ring (bicyclic) bond motifs is 1. The number of carbonyl (C=O) groups excluding carboxylic acids is 3. The normalized spacial score (nSPS) is 11.1. The van der Waals surface area contributed by atoms with Gasteiger partial charge in [-0.2, -0.15) is 0 Å². The second kappa shape index (κ2) is 13.9. The van der Waals surface area contributed by atoms with E-state index in [0.29, 0.717) is 21.8 Å². The minimum absolute atomic E-state index is 0.0548.